The Morgan fingerprint density at radius 2 is 2.25 bits per heavy atom. The third kappa shape index (κ3) is 3.95. The molecule has 0 aromatic carbocycles. The lowest BCUT2D eigenvalue weighted by Crippen LogP contribution is -2.42. The van der Waals surface area contributed by atoms with Crippen LogP contribution in [0.3, 0.4) is 0 Å². The molecular weight excluding hydrogens is 252 g/mol. The normalized spacial score (nSPS) is 31.3. The van der Waals surface area contributed by atoms with Crippen molar-refractivity contribution >= 4 is 5.91 Å². The zero-order valence-electron chi connectivity index (χ0n) is 13.2. The SMILES string of the molecule is CCCC1NC(CC(C)C)N(CC2CCCOC2)C1=O. The van der Waals surface area contributed by atoms with Gasteiger partial charge in [-0.3, -0.25) is 10.1 Å². The van der Waals surface area contributed by atoms with E-state index in [0.717, 1.165) is 45.4 Å². The number of carbonyl (C=O) groups is 1. The summed E-state index contributed by atoms with van der Waals surface area (Å²) in [5.41, 5.74) is 0. The number of ether oxygens (including phenoxy) is 1. The smallest absolute Gasteiger partial charge is 0.241 e. The maximum absolute atomic E-state index is 12.6. The summed E-state index contributed by atoms with van der Waals surface area (Å²) in [5, 5.41) is 3.55. The summed E-state index contributed by atoms with van der Waals surface area (Å²) in [6.07, 6.45) is 5.59. The van der Waals surface area contributed by atoms with Crippen LogP contribution in [0.15, 0.2) is 0 Å². The summed E-state index contributed by atoms with van der Waals surface area (Å²) in [4.78, 5) is 14.7. The van der Waals surface area contributed by atoms with E-state index in [9.17, 15) is 4.79 Å². The van der Waals surface area contributed by atoms with Gasteiger partial charge in [-0.25, -0.2) is 0 Å². The van der Waals surface area contributed by atoms with Gasteiger partial charge in [-0.05, 0) is 31.6 Å². The standard InChI is InChI=1S/C16H30N2O2/c1-4-6-14-16(19)18(15(17-14)9-12(2)3)10-13-7-5-8-20-11-13/h12-15,17H,4-11H2,1-3H3. The molecule has 0 spiro atoms. The van der Waals surface area contributed by atoms with Crippen molar-refractivity contribution < 1.29 is 9.53 Å². The first-order valence-electron chi connectivity index (χ1n) is 8.26. The van der Waals surface area contributed by atoms with Gasteiger partial charge in [0.15, 0.2) is 0 Å². The van der Waals surface area contributed by atoms with Gasteiger partial charge in [0.2, 0.25) is 5.91 Å². The van der Waals surface area contributed by atoms with Gasteiger partial charge in [0.25, 0.3) is 0 Å². The monoisotopic (exact) mass is 282 g/mol. The minimum Gasteiger partial charge on any atom is -0.381 e. The third-order valence-electron chi connectivity index (χ3n) is 4.33. The van der Waals surface area contributed by atoms with Gasteiger partial charge in [-0.15, -0.1) is 0 Å². The van der Waals surface area contributed by atoms with Crippen LogP contribution in [0.1, 0.15) is 52.9 Å². The van der Waals surface area contributed by atoms with Gasteiger partial charge in [0.1, 0.15) is 0 Å². The number of hydrogen-bond acceptors (Lipinski definition) is 3. The van der Waals surface area contributed by atoms with Crippen LogP contribution in [0.25, 0.3) is 0 Å². The third-order valence-corrected chi connectivity index (χ3v) is 4.33. The molecular formula is C16H30N2O2. The minimum atomic E-state index is 0.0354. The van der Waals surface area contributed by atoms with E-state index in [4.69, 9.17) is 4.74 Å². The zero-order chi connectivity index (χ0) is 14.5. The number of nitrogens with zero attached hydrogens (tertiary/aromatic N) is 1. The summed E-state index contributed by atoms with van der Waals surface area (Å²) >= 11 is 0. The topological polar surface area (TPSA) is 41.6 Å². The zero-order valence-corrected chi connectivity index (χ0v) is 13.2. The summed E-state index contributed by atoms with van der Waals surface area (Å²) in [5.74, 6) is 1.43. The summed E-state index contributed by atoms with van der Waals surface area (Å²) in [6, 6.07) is 0.0354. The van der Waals surface area contributed by atoms with Crippen LogP contribution >= 0.6 is 0 Å². The predicted molar refractivity (Wildman–Crippen MR) is 80.3 cm³/mol. The molecule has 0 aromatic rings. The molecule has 1 N–H and O–H groups in total. The van der Waals surface area contributed by atoms with Gasteiger partial charge in [-0.2, -0.15) is 0 Å². The molecule has 0 aromatic heterocycles. The van der Waals surface area contributed by atoms with Crippen molar-refractivity contribution in [1.29, 1.82) is 0 Å². The first kappa shape index (κ1) is 15.8. The molecule has 20 heavy (non-hydrogen) atoms. The van der Waals surface area contributed by atoms with E-state index in [0.29, 0.717) is 17.7 Å². The van der Waals surface area contributed by atoms with Crippen molar-refractivity contribution in [2.24, 2.45) is 11.8 Å². The van der Waals surface area contributed by atoms with Crippen molar-refractivity contribution in [2.45, 2.75) is 65.1 Å². The van der Waals surface area contributed by atoms with Crippen LogP contribution in [-0.4, -0.2) is 42.8 Å². The molecule has 2 aliphatic heterocycles. The van der Waals surface area contributed by atoms with E-state index in [1.165, 1.54) is 6.42 Å². The lowest BCUT2D eigenvalue weighted by atomic mass is 10.0. The van der Waals surface area contributed by atoms with E-state index >= 15 is 0 Å². The van der Waals surface area contributed by atoms with Crippen LogP contribution in [0.4, 0.5) is 0 Å². The molecule has 0 radical (unpaired) electrons. The molecule has 2 aliphatic rings. The Morgan fingerprint density at radius 3 is 2.85 bits per heavy atom. The molecule has 2 saturated heterocycles. The van der Waals surface area contributed by atoms with E-state index in [2.05, 4.69) is 31.0 Å². The molecule has 116 valence electrons. The van der Waals surface area contributed by atoms with Gasteiger partial charge < -0.3 is 9.64 Å². The summed E-state index contributed by atoms with van der Waals surface area (Å²) in [6.45, 7) is 9.16. The molecule has 3 atom stereocenters. The van der Waals surface area contributed by atoms with Crippen LogP contribution in [0, 0.1) is 11.8 Å². The fourth-order valence-corrected chi connectivity index (χ4v) is 3.33. The molecule has 2 fully saturated rings. The van der Waals surface area contributed by atoms with Gasteiger partial charge in [0.05, 0.1) is 18.8 Å². The Morgan fingerprint density at radius 1 is 1.45 bits per heavy atom. The fourth-order valence-electron chi connectivity index (χ4n) is 3.33. The molecule has 2 heterocycles. The molecule has 2 rings (SSSR count). The highest BCUT2D eigenvalue weighted by atomic mass is 16.5. The number of carbonyl (C=O) groups excluding carboxylic acids is 1. The molecule has 4 nitrogen and oxygen atoms in total. The fraction of sp³-hybridized carbons (Fsp3) is 0.938. The van der Waals surface area contributed by atoms with E-state index in [-0.39, 0.29) is 12.2 Å². The van der Waals surface area contributed by atoms with Crippen molar-refractivity contribution in [1.82, 2.24) is 10.2 Å². The second-order valence-electron chi connectivity index (χ2n) is 6.73. The minimum absolute atomic E-state index is 0.0354. The highest BCUT2D eigenvalue weighted by molar-refractivity contribution is 5.84. The first-order valence-corrected chi connectivity index (χ1v) is 8.26. The first-order chi connectivity index (χ1) is 9.61. The molecule has 0 bridgehead atoms. The quantitative estimate of drug-likeness (QED) is 0.813. The number of nitrogens with one attached hydrogen (secondary N) is 1. The Labute approximate surface area is 123 Å². The lowest BCUT2D eigenvalue weighted by molar-refractivity contribution is -0.131. The Kier molecular flexibility index (Phi) is 5.85. The Hall–Kier alpha value is -0.610. The Bertz CT molecular complexity index is 314. The van der Waals surface area contributed by atoms with E-state index in [1.807, 2.05) is 0 Å². The molecule has 1 amide bonds. The van der Waals surface area contributed by atoms with Gasteiger partial charge >= 0.3 is 0 Å². The lowest BCUT2D eigenvalue weighted by Gasteiger charge is -2.31. The largest absolute Gasteiger partial charge is 0.381 e. The number of amides is 1. The second-order valence-corrected chi connectivity index (χ2v) is 6.73. The summed E-state index contributed by atoms with van der Waals surface area (Å²) < 4.78 is 5.56. The average molecular weight is 282 g/mol. The Balaban J connectivity index is 1.98. The van der Waals surface area contributed by atoms with Crippen LogP contribution in [0.5, 0.6) is 0 Å². The summed E-state index contributed by atoms with van der Waals surface area (Å²) in [7, 11) is 0. The molecule has 0 saturated carbocycles. The van der Waals surface area contributed by atoms with E-state index < -0.39 is 0 Å². The van der Waals surface area contributed by atoms with Gasteiger partial charge in [-0.1, -0.05) is 27.2 Å². The van der Waals surface area contributed by atoms with Crippen LogP contribution < -0.4 is 5.32 Å². The van der Waals surface area contributed by atoms with Crippen LogP contribution in [-0.2, 0) is 9.53 Å². The highest BCUT2D eigenvalue weighted by Crippen LogP contribution is 2.24. The van der Waals surface area contributed by atoms with Crippen molar-refractivity contribution in [3.63, 3.8) is 0 Å². The number of rotatable bonds is 6. The molecule has 4 heteroatoms. The highest BCUT2D eigenvalue weighted by Gasteiger charge is 2.39. The van der Waals surface area contributed by atoms with Crippen molar-refractivity contribution in [2.75, 3.05) is 19.8 Å². The molecule has 0 aliphatic carbocycles. The predicted octanol–water partition coefficient (Wildman–Crippen LogP) is 2.39. The van der Waals surface area contributed by atoms with Gasteiger partial charge in [0, 0.05) is 19.1 Å². The molecule has 3 unspecified atom stereocenters. The second kappa shape index (κ2) is 7.41. The number of hydrogen-bond donors (Lipinski definition) is 1. The average Bonchev–Trinajstić information content (AvgIpc) is 2.69. The van der Waals surface area contributed by atoms with E-state index in [1.54, 1.807) is 0 Å². The van der Waals surface area contributed by atoms with Crippen molar-refractivity contribution in [3.05, 3.63) is 0 Å². The maximum atomic E-state index is 12.6. The van der Waals surface area contributed by atoms with Crippen LogP contribution in [0.2, 0.25) is 0 Å². The van der Waals surface area contributed by atoms with Crippen molar-refractivity contribution in [3.8, 4) is 0 Å². The maximum Gasteiger partial charge on any atom is 0.241 e.